The van der Waals surface area contributed by atoms with Crippen LogP contribution in [0, 0.1) is 5.92 Å². The van der Waals surface area contributed by atoms with Crippen molar-refractivity contribution in [2.45, 2.75) is 33.0 Å². The molecule has 1 aromatic heterocycles. The predicted molar refractivity (Wildman–Crippen MR) is 109 cm³/mol. The molecule has 10 heteroatoms. The smallest absolute Gasteiger partial charge is 0.357 e. The summed E-state index contributed by atoms with van der Waals surface area (Å²) in [4.78, 5) is 14.8. The SMILES string of the molecule is CCNC(=NCc1csc(N(C)C)n1)N1CCC(CN(CC)CC(F)(F)F)C1. The van der Waals surface area contributed by atoms with Crippen LogP contribution in [0.5, 0.6) is 0 Å². The Kier molecular flexibility index (Phi) is 8.36. The summed E-state index contributed by atoms with van der Waals surface area (Å²) in [6, 6.07) is 0. The molecule has 0 aliphatic carbocycles. The minimum absolute atomic E-state index is 0.214. The van der Waals surface area contributed by atoms with Gasteiger partial charge in [0.15, 0.2) is 11.1 Å². The molecule has 0 amide bonds. The first-order chi connectivity index (χ1) is 13.2. The fourth-order valence-electron chi connectivity index (χ4n) is 3.25. The third-order valence-electron chi connectivity index (χ3n) is 4.60. The number of aliphatic imine (C=N–C) groups is 1. The van der Waals surface area contributed by atoms with Gasteiger partial charge >= 0.3 is 6.18 Å². The quantitative estimate of drug-likeness (QED) is 0.518. The summed E-state index contributed by atoms with van der Waals surface area (Å²) in [7, 11) is 3.91. The summed E-state index contributed by atoms with van der Waals surface area (Å²) >= 11 is 1.58. The lowest BCUT2D eigenvalue weighted by atomic mass is 10.1. The van der Waals surface area contributed by atoms with E-state index in [2.05, 4.69) is 15.2 Å². The second-order valence-electron chi connectivity index (χ2n) is 7.23. The number of anilines is 1. The van der Waals surface area contributed by atoms with E-state index in [9.17, 15) is 13.2 Å². The van der Waals surface area contributed by atoms with Gasteiger partial charge in [0, 0.05) is 45.7 Å². The number of rotatable bonds is 8. The summed E-state index contributed by atoms with van der Waals surface area (Å²) in [5.41, 5.74) is 0.919. The van der Waals surface area contributed by atoms with Gasteiger partial charge in [-0.05, 0) is 25.8 Å². The molecule has 28 heavy (non-hydrogen) atoms. The summed E-state index contributed by atoms with van der Waals surface area (Å²) in [6.07, 6.45) is -3.27. The van der Waals surface area contributed by atoms with Crippen LogP contribution in [0.2, 0.25) is 0 Å². The highest BCUT2D eigenvalue weighted by atomic mass is 32.1. The largest absolute Gasteiger partial charge is 0.401 e. The first kappa shape index (κ1) is 22.7. The lowest BCUT2D eigenvalue weighted by Crippen LogP contribution is -2.41. The molecule has 1 unspecified atom stereocenters. The van der Waals surface area contributed by atoms with Crippen LogP contribution in [0.15, 0.2) is 10.4 Å². The van der Waals surface area contributed by atoms with Crippen molar-refractivity contribution in [2.75, 3.05) is 58.3 Å². The third-order valence-corrected chi connectivity index (χ3v) is 5.66. The fraction of sp³-hybridized carbons (Fsp3) is 0.778. The molecule has 1 atom stereocenters. The van der Waals surface area contributed by atoms with Crippen molar-refractivity contribution >= 4 is 22.4 Å². The zero-order valence-electron chi connectivity index (χ0n) is 17.1. The number of guanidine groups is 1. The average Bonchev–Trinajstić information content (AvgIpc) is 3.26. The van der Waals surface area contributed by atoms with Gasteiger partial charge in [-0.25, -0.2) is 9.98 Å². The van der Waals surface area contributed by atoms with Gasteiger partial charge in [-0.3, -0.25) is 4.90 Å². The number of hydrogen-bond donors (Lipinski definition) is 1. The fourth-order valence-corrected chi connectivity index (χ4v) is 4.00. The van der Waals surface area contributed by atoms with Crippen LogP contribution in [0.4, 0.5) is 18.3 Å². The van der Waals surface area contributed by atoms with Crippen LogP contribution in [0.1, 0.15) is 26.0 Å². The molecule has 1 saturated heterocycles. The second kappa shape index (κ2) is 10.3. The molecule has 0 aromatic carbocycles. The average molecular weight is 421 g/mol. The monoisotopic (exact) mass is 420 g/mol. The molecule has 0 radical (unpaired) electrons. The number of hydrogen-bond acceptors (Lipinski definition) is 5. The van der Waals surface area contributed by atoms with E-state index in [1.165, 1.54) is 4.90 Å². The minimum Gasteiger partial charge on any atom is -0.357 e. The van der Waals surface area contributed by atoms with Gasteiger partial charge in [0.05, 0.1) is 18.8 Å². The molecule has 1 fully saturated rings. The molecule has 160 valence electrons. The standard InChI is InChI=1S/C18H31F3N6S/c1-5-22-16(23-9-15-12-28-17(24-15)25(3)4)27-8-7-14(11-27)10-26(6-2)13-18(19,20)21/h12,14H,5-11,13H2,1-4H3,(H,22,23). The molecule has 1 aromatic rings. The van der Waals surface area contributed by atoms with Crippen LogP contribution >= 0.6 is 11.3 Å². The highest BCUT2D eigenvalue weighted by Gasteiger charge is 2.33. The Bertz CT molecular complexity index is 631. The number of nitrogens with one attached hydrogen (secondary N) is 1. The van der Waals surface area contributed by atoms with E-state index in [1.54, 1.807) is 18.3 Å². The maximum Gasteiger partial charge on any atom is 0.401 e. The van der Waals surface area contributed by atoms with E-state index >= 15 is 0 Å². The molecular weight excluding hydrogens is 389 g/mol. The lowest BCUT2D eigenvalue weighted by Gasteiger charge is -2.26. The number of alkyl halides is 3. The molecule has 2 rings (SSSR count). The van der Waals surface area contributed by atoms with Crippen molar-refractivity contribution in [3.63, 3.8) is 0 Å². The van der Waals surface area contributed by atoms with Crippen LogP contribution in [0.3, 0.4) is 0 Å². The van der Waals surface area contributed by atoms with E-state index in [1.807, 2.05) is 31.3 Å². The van der Waals surface area contributed by atoms with E-state index in [4.69, 9.17) is 4.99 Å². The molecule has 0 saturated carbocycles. The first-order valence-corrected chi connectivity index (χ1v) is 10.5. The van der Waals surface area contributed by atoms with E-state index in [0.717, 1.165) is 42.8 Å². The molecule has 1 aliphatic rings. The van der Waals surface area contributed by atoms with Crippen LogP contribution < -0.4 is 10.2 Å². The van der Waals surface area contributed by atoms with E-state index < -0.39 is 12.7 Å². The Labute approximate surface area is 169 Å². The lowest BCUT2D eigenvalue weighted by molar-refractivity contribution is -0.146. The molecule has 0 spiro atoms. The van der Waals surface area contributed by atoms with Gasteiger partial charge < -0.3 is 15.1 Å². The van der Waals surface area contributed by atoms with Crippen molar-refractivity contribution in [2.24, 2.45) is 10.9 Å². The first-order valence-electron chi connectivity index (χ1n) is 9.65. The van der Waals surface area contributed by atoms with Crippen LogP contribution in [-0.2, 0) is 6.54 Å². The maximum atomic E-state index is 12.7. The highest BCUT2D eigenvalue weighted by molar-refractivity contribution is 7.13. The van der Waals surface area contributed by atoms with Crippen molar-refractivity contribution in [3.05, 3.63) is 11.1 Å². The zero-order valence-corrected chi connectivity index (χ0v) is 17.9. The normalized spacial score (nSPS) is 18.2. The number of likely N-dealkylation sites (tertiary alicyclic amines) is 1. The number of thiazole rings is 1. The van der Waals surface area contributed by atoms with Gasteiger partial charge in [0.2, 0.25) is 0 Å². The van der Waals surface area contributed by atoms with Gasteiger partial charge in [-0.2, -0.15) is 13.2 Å². The van der Waals surface area contributed by atoms with Gasteiger partial charge in [-0.1, -0.05) is 6.92 Å². The molecular formula is C18H31F3N6S. The highest BCUT2D eigenvalue weighted by Crippen LogP contribution is 2.22. The van der Waals surface area contributed by atoms with Gasteiger partial charge in [-0.15, -0.1) is 11.3 Å². The summed E-state index contributed by atoms with van der Waals surface area (Å²) in [5, 5.41) is 6.25. The summed E-state index contributed by atoms with van der Waals surface area (Å²) < 4.78 is 38.1. The Morgan fingerprint density at radius 3 is 2.71 bits per heavy atom. The molecule has 0 bridgehead atoms. The molecule has 6 nitrogen and oxygen atoms in total. The Morgan fingerprint density at radius 2 is 2.14 bits per heavy atom. The maximum absolute atomic E-state index is 12.7. The molecule has 1 aliphatic heterocycles. The second-order valence-corrected chi connectivity index (χ2v) is 8.07. The minimum atomic E-state index is -4.15. The van der Waals surface area contributed by atoms with Crippen LogP contribution in [0.25, 0.3) is 0 Å². The van der Waals surface area contributed by atoms with Gasteiger partial charge in [0.25, 0.3) is 0 Å². The Hall–Kier alpha value is -1.55. The summed E-state index contributed by atoms with van der Waals surface area (Å²) in [5.74, 6) is 1.02. The van der Waals surface area contributed by atoms with Crippen molar-refractivity contribution in [1.29, 1.82) is 0 Å². The Balaban J connectivity index is 1.94. The van der Waals surface area contributed by atoms with Crippen molar-refractivity contribution < 1.29 is 13.2 Å². The Morgan fingerprint density at radius 1 is 1.39 bits per heavy atom. The number of halogens is 3. The molecule has 2 heterocycles. The number of nitrogens with zero attached hydrogens (tertiary/aromatic N) is 5. The zero-order chi connectivity index (χ0) is 20.7. The van der Waals surface area contributed by atoms with Crippen LogP contribution in [-0.4, -0.2) is 80.3 Å². The van der Waals surface area contributed by atoms with E-state index in [0.29, 0.717) is 19.6 Å². The molecule has 1 N–H and O–H groups in total. The predicted octanol–water partition coefficient (Wildman–Crippen LogP) is 2.88. The summed E-state index contributed by atoms with van der Waals surface area (Å²) in [6.45, 7) is 6.58. The van der Waals surface area contributed by atoms with Crippen molar-refractivity contribution in [1.82, 2.24) is 20.1 Å². The van der Waals surface area contributed by atoms with Gasteiger partial charge in [0.1, 0.15) is 0 Å². The topological polar surface area (TPSA) is 47.0 Å². The van der Waals surface area contributed by atoms with E-state index in [-0.39, 0.29) is 5.92 Å². The van der Waals surface area contributed by atoms with Crippen molar-refractivity contribution in [3.8, 4) is 0 Å². The third kappa shape index (κ3) is 7.12. The number of aromatic nitrogens is 1.